The minimum atomic E-state index is -0.840. The van der Waals surface area contributed by atoms with Crippen molar-refractivity contribution in [1.29, 1.82) is 0 Å². The Morgan fingerprint density at radius 2 is 1.35 bits per heavy atom. The largest absolute Gasteiger partial charge is 0.465 e. The number of anilines is 3. The van der Waals surface area contributed by atoms with E-state index in [1.807, 2.05) is 36.4 Å². The van der Waals surface area contributed by atoms with Crippen molar-refractivity contribution in [2.75, 3.05) is 23.1 Å². The van der Waals surface area contributed by atoms with Crippen LogP contribution in [0.25, 0.3) is 6.08 Å². The number of esters is 1. The molecule has 1 heterocycles. The molecule has 6 aromatic rings. The zero-order valence-electron chi connectivity index (χ0n) is 30.6. The van der Waals surface area contributed by atoms with Crippen molar-refractivity contribution in [2.45, 2.75) is 17.1 Å². The fraction of sp³-hybridized carbons (Fsp3) is 0.0682. The number of halogens is 1. The number of amides is 4. The van der Waals surface area contributed by atoms with Gasteiger partial charge in [0.25, 0.3) is 17.7 Å². The van der Waals surface area contributed by atoms with Gasteiger partial charge in [-0.1, -0.05) is 103 Å². The van der Waals surface area contributed by atoms with E-state index in [1.165, 1.54) is 24.9 Å². The van der Waals surface area contributed by atoms with E-state index in [0.29, 0.717) is 43.5 Å². The van der Waals surface area contributed by atoms with Crippen molar-refractivity contribution in [1.82, 2.24) is 5.32 Å². The average molecular weight is 815 g/mol. The molecule has 0 spiro atoms. The molecule has 57 heavy (non-hydrogen) atoms. The highest BCUT2D eigenvalue weighted by Gasteiger charge is 2.30. The molecule has 5 aromatic carbocycles. The highest BCUT2D eigenvalue weighted by Crippen LogP contribution is 2.40. The van der Waals surface area contributed by atoms with E-state index in [1.54, 1.807) is 110 Å². The van der Waals surface area contributed by atoms with Crippen LogP contribution in [-0.2, 0) is 14.3 Å². The third-order valence-electron chi connectivity index (χ3n) is 8.43. The summed E-state index contributed by atoms with van der Waals surface area (Å²) in [4.78, 5) is 68.4. The minimum Gasteiger partial charge on any atom is -0.465 e. The summed E-state index contributed by atoms with van der Waals surface area (Å²) in [5.74, 6) is -2.69. The number of carbonyl (C=O) groups is 5. The molecular weight excluding hydrogens is 780 g/mol. The molecule has 1 atom stereocenters. The first-order chi connectivity index (χ1) is 27.6. The van der Waals surface area contributed by atoms with Crippen molar-refractivity contribution in [3.8, 4) is 0 Å². The Kier molecular flexibility index (Phi) is 13.3. The van der Waals surface area contributed by atoms with E-state index in [2.05, 4.69) is 21.3 Å². The molecule has 6 rings (SSSR count). The van der Waals surface area contributed by atoms with Crippen LogP contribution in [-0.4, -0.2) is 36.7 Å². The van der Waals surface area contributed by atoms with Crippen LogP contribution >= 0.6 is 34.7 Å². The summed E-state index contributed by atoms with van der Waals surface area (Å²) < 4.78 is 5.05. The topological polar surface area (TPSA) is 143 Å². The zero-order chi connectivity index (χ0) is 40.3. The van der Waals surface area contributed by atoms with Crippen LogP contribution in [0.1, 0.15) is 52.3 Å². The molecule has 1 aromatic heterocycles. The number of thiophene rings is 1. The van der Waals surface area contributed by atoms with Crippen molar-refractivity contribution >= 4 is 86.7 Å². The smallest absolute Gasteiger partial charge is 0.341 e. The second-order valence-corrected chi connectivity index (χ2v) is 15.0. The molecule has 1 unspecified atom stereocenters. The highest BCUT2D eigenvalue weighted by molar-refractivity contribution is 8.00. The maximum atomic E-state index is 14.2. The van der Waals surface area contributed by atoms with Crippen molar-refractivity contribution in [2.24, 2.45) is 0 Å². The Morgan fingerprint density at radius 1 is 0.719 bits per heavy atom. The van der Waals surface area contributed by atoms with Gasteiger partial charge in [0.2, 0.25) is 5.91 Å². The second-order valence-electron chi connectivity index (χ2n) is 12.4. The first-order valence-electron chi connectivity index (χ1n) is 17.5. The lowest BCUT2D eigenvalue weighted by atomic mass is 10.1. The Labute approximate surface area is 342 Å². The molecule has 0 aliphatic rings. The number of nitrogens with one attached hydrogen (secondary N) is 4. The fourth-order valence-electron chi connectivity index (χ4n) is 5.63. The lowest BCUT2D eigenvalue weighted by Crippen LogP contribution is -2.30. The minimum absolute atomic E-state index is 0.0407. The number of benzene rings is 5. The lowest BCUT2D eigenvalue weighted by molar-refractivity contribution is -0.116. The summed E-state index contributed by atoms with van der Waals surface area (Å²) >= 11 is 8.59. The Hall–Kier alpha value is -6.47. The summed E-state index contributed by atoms with van der Waals surface area (Å²) in [6, 6.07) is 40.3. The molecule has 0 saturated carbocycles. The predicted molar refractivity (Wildman–Crippen MR) is 227 cm³/mol. The number of para-hydroxylation sites is 1. The average Bonchev–Trinajstić information content (AvgIpc) is 3.56. The molecular formula is C44H35ClN4O6S2. The van der Waals surface area contributed by atoms with Gasteiger partial charge in [-0.3, -0.25) is 19.2 Å². The summed E-state index contributed by atoms with van der Waals surface area (Å²) in [6.45, 7) is 1.63. The quantitative estimate of drug-likeness (QED) is 0.0517. The van der Waals surface area contributed by atoms with E-state index < -0.39 is 34.8 Å². The Balaban J connectivity index is 1.26. The lowest BCUT2D eigenvalue weighted by Gasteiger charge is -2.18. The summed E-state index contributed by atoms with van der Waals surface area (Å²) in [5.41, 5.74) is 2.93. The van der Waals surface area contributed by atoms with Crippen LogP contribution in [0.3, 0.4) is 0 Å². The summed E-state index contributed by atoms with van der Waals surface area (Å²) in [5, 5.41) is 11.0. The van der Waals surface area contributed by atoms with Crippen molar-refractivity contribution < 1.29 is 28.7 Å². The number of ether oxygens (including phenoxy) is 1. The molecule has 0 aliphatic carbocycles. The first kappa shape index (κ1) is 40.2. The number of rotatable bonds is 13. The van der Waals surface area contributed by atoms with E-state index in [-0.39, 0.29) is 21.1 Å². The number of hydrogen-bond acceptors (Lipinski definition) is 8. The Morgan fingerprint density at radius 3 is 2.04 bits per heavy atom. The van der Waals surface area contributed by atoms with Crippen LogP contribution < -0.4 is 21.3 Å². The molecule has 0 bridgehead atoms. The zero-order valence-corrected chi connectivity index (χ0v) is 33.0. The van der Waals surface area contributed by atoms with Crippen LogP contribution in [0.5, 0.6) is 0 Å². The SMILES string of the molecule is COC(=O)c1c(NC(=O)C(Sc2cccc(NC(=O)/C(=C\c3ccccc3Cl)NC(=O)c3ccccc3)c2)c2ccccc2)sc(C(=O)Nc2ccccc2)c1C. The number of carbonyl (C=O) groups excluding carboxylic acids is 5. The highest BCUT2D eigenvalue weighted by atomic mass is 35.5. The van der Waals surface area contributed by atoms with Gasteiger partial charge in [0.1, 0.15) is 15.9 Å². The van der Waals surface area contributed by atoms with E-state index >= 15 is 0 Å². The van der Waals surface area contributed by atoms with Gasteiger partial charge in [-0.25, -0.2) is 4.79 Å². The van der Waals surface area contributed by atoms with Crippen molar-refractivity contribution in [3.05, 3.63) is 183 Å². The molecule has 0 aliphatic heterocycles. The van der Waals surface area contributed by atoms with Crippen LogP contribution in [0.2, 0.25) is 5.02 Å². The Bertz CT molecular complexity index is 2460. The molecule has 286 valence electrons. The number of hydrogen-bond donors (Lipinski definition) is 4. The van der Waals surface area contributed by atoms with Gasteiger partial charge in [0.05, 0.1) is 17.6 Å². The molecule has 13 heteroatoms. The molecule has 4 amide bonds. The maximum Gasteiger partial charge on any atom is 0.341 e. The first-order valence-corrected chi connectivity index (χ1v) is 19.5. The number of thioether (sulfide) groups is 1. The van der Waals surface area contributed by atoms with Gasteiger partial charge in [0, 0.05) is 26.9 Å². The van der Waals surface area contributed by atoms with Crippen LogP contribution in [0.15, 0.2) is 150 Å². The standard InChI is InChI=1S/C44H35ClN4O6S2/c1-27-36(44(54)55-2)43(57-37(27)41(52)46-31-20-10-5-11-21-31)49-42(53)38(28-15-6-3-7-16-28)56-33-23-14-22-32(26-33)47-40(51)35(25-30-19-12-13-24-34(30)45)48-39(50)29-17-8-4-9-18-29/h3-26,38H,1-2H3,(H,46,52)(H,47,51)(H,48,50)(H,49,53)/b35-25+. The molecule has 4 N–H and O–H groups in total. The normalized spacial score (nSPS) is 11.5. The second kappa shape index (κ2) is 18.9. The molecule has 0 saturated heterocycles. The van der Waals surface area contributed by atoms with Crippen LogP contribution in [0.4, 0.5) is 16.4 Å². The monoisotopic (exact) mass is 814 g/mol. The van der Waals surface area contributed by atoms with Gasteiger partial charge < -0.3 is 26.0 Å². The van der Waals surface area contributed by atoms with Gasteiger partial charge in [-0.05, 0) is 78.2 Å². The molecule has 10 nitrogen and oxygen atoms in total. The van der Waals surface area contributed by atoms with E-state index in [0.717, 1.165) is 11.3 Å². The van der Waals surface area contributed by atoms with E-state index in [4.69, 9.17) is 16.3 Å². The van der Waals surface area contributed by atoms with E-state index in [9.17, 15) is 24.0 Å². The molecule has 0 fully saturated rings. The van der Waals surface area contributed by atoms with Gasteiger partial charge >= 0.3 is 5.97 Å². The third-order valence-corrected chi connectivity index (χ3v) is 11.2. The van der Waals surface area contributed by atoms with Crippen LogP contribution in [0, 0.1) is 6.92 Å². The van der Waals surface area contributed by atoms with Crippen molar-refractivity contribution in [3.63, 3.8) is 0 Å². The summed E-state index contributed by atoms with van der Waals surface area (Å²) in [6.07, 6.45) is 1.50. The van der Waals surface area contributed by atoms with Gasteiger partial charge in [-0.15, -0.1) is 23.1 Å². The van der Waals surface area contributed by atoms with Gasteiger partial charge in [0.15, 0.2) is 0 Å². The maximum absolute atomic E-state index is 14.2. The number of methoxy groups -OCH3 is 1. The third kappa shape index (κ3) is 10.2. The van der Waals surface area contributed by atoms with Gasteiger partial charge in [-0.2, -0.15) is 0 Å². The summed E-state index contributed by atoms with van der Waals surface area (Å²) in [7, 11) is 1.23. The molecule has 0 radical (unpaired) electrons. The predicted octanol–water partition coefficient (Wildman–Crippen LogP) is 9.63. The fourth-order valence-corrected chi connectivity index (χ4v) is 7.99.